The molecule has 0 spiro atoms. The highest BCUT2D eigenvalue weighted by Crippen LogP contribution is 2.36. The second-order valence-corrected chi connectivity index (χ2v) is 6.38. The van der Waals surface area contributed by atoms with Gasteiger partial charge in [-0.1, -0.05) is 0 Å². The van der Waals surface area contributed by atoms with E-state index in [-0.39, 0.29) is 6.61 Å². The van der Waals surface area contributed by atoms with E-state index in [2.05, 4.69) is 0 Å². The van der Waals surface area contributed by atoms with E-state index in [1.165, 1.54) is 0 Å². The quantitative estimate of drug-likeness (QED) is 0.824. The normalized spacial score (nSPS) is 18.7. The second kappa shape index (κ2) is 6.43. The van der Waals surface area contributed by atoms with Crippen LogP contribution in [0.15, 0.2) is 0 Å². The predicted octanol–water partition coefficient (Wildman–Crippen LogP) is 1.86. The molecule has 0 unspecified atom stereocenters. The highest BCUT2D eigenvalue weighted by molar-refractivity contribution is 5.75. The number of likely N-dealkylation sites (tertiary alicyclic amines) is 1. The minimum atomic E-state index is -0.838. The fourth-order valence-electron chi connectivity index (χ4n) is 2.43. The Kier molecular flexibility index (Phi) is 5.39. The monoisotopic (exact) mass is 287 g/mol. The van der Waals surface area contributed by atoms with Gasteiger partial charge in [0.2, 0.25) is 0 Å². The number of carboxylic acids is 1. The first-order valence-electron chi connectivity index (χ1n) is 7.02. The number of aliphatic hydroxyl groups is 1. The number of rotatable bonds is 4. The summed E-state index contributed by atoms with van der Waals surface area (Å²) in [5, 5.41) is 18.3. The molecule has 0 aromatic carbocycles. The van der Waals surface area contributed by atoms with E-state index in [0.29, 0.717) is 38.8 Å². The molecule has 0 bridgehead atoms. The van der Waals surface area contributed by atoms with Crippen LogP contribution in [0.2, 0.25) is 0 Å². The third-order valence-electron chi connectivity index (χ3n) is 3.64. The van der Waals surface area contributed by atoms with Crippen LogP contribution in [0.3, 0.4) is 0 Å². The summed E-state index contributed by atoms with van der Waals surface area (Å²) in [4.78, 5) is 25.0. The number of amides is 1. The summed E-state index contributed by atoms with van der Waals surface area (Å²) in [6, 6.07) is 0. The van der Waals surface area contributed by atoms with Crippen LogP contribution < -0.4 is 0 Å². The largest absolute Gasteiger partial charge is 0.481 e. The Morgan fingerprint density at radius 3 is 2.20 bits per heavy atom. The third-order valence-corrected chi connectivity index (χ3v) is 3.64. The topological polar surface area (TPSA) is 87.1 Å². The van der Waals surface area contributed by atoms with Crippen LogP contribution in [0.25, 0.3) is 0 Å². The minimum absolute atomic E-state index is 0.00912. The first-order chi connectivity index (χ1) is 9.20. The number of hydrogen-bond acceptors (Lipinski definition) is 4. The van der Waals surface area contributed by atoms with E-state index in [4.69, 9.17) is 9.84 Å². The molecule has 0 atom stereocenters. The van der Waals surface area contributed by atoms with Gasteiger partial charge in [0, 0.05) is 19.7 Å². The van der Waals surface area contributed by atoms with Crippen molar-refractivity contribution in [1.82, 2.24) is 4.90 Å². The lowest BCUT2D eigenvalue weighted by Crippen LogP contribution is -2.48. The molecule has 2 N–H and O–H groups in total. The Morgan fingerprint density at radius 2 is 1.80 bits per heavy atom. The standard InChI is InChI=1S/C14H25NO5/c1-13(2,3)20-12(19)15-8-6-14(7-9-15,11(17)18)5-4-10-16/h16H,4-10H2,1-3H3,(H,17,18). The van der Waals surface area contributed by atoms with Crippen molar-refractivity contribution in [2.24, 2.45) is 5.41 Å². The van der Waals surface area contributed by atoms with Crippen LogP contribution in [0.1, 0.15) is 46.5 Å². The molecular formula is C14H25NO5. The maximum Gasteiger partial charge on any atom is 0.410 e. The Morgan fingerprint density at radius 1 is 1.25 bits per heavy atom. The average molecular weight is 287 g/mol. The SMILES string of the molecule is CC(C)(C)OC(=O)N1CCC(CCCO)(C(=O)O)CC1. The van der Waals surface area contributed by atoms with Gasteiger partial charge in [-0.3, -0.25) is 4.79 Å². The minimum Gasteiger partial charge on any atom is -0.481 e. The van der Waals surface area contributed by atoms with Gasteiger partial charge < -0.3 is 19.8 Å². The molecule has 0 radical (unpaired) electrons. The van der Waals surface area contributed by atoms with Crippen LogP contribution in [-0.4, -0.2) is 52.5 Å². The van der Waals surface area contributed by atoms with Crippen molar-refractivity contribution >= 4 is 12.1 Å². The molecule has 0 aliphatic carbocycles. The fraction of sp³-hybridized carbons (Fsp3) is 0.857. The molecule has 1 saturated heterocycles. The fourth-order valence-corrected chi connectivity index (χ4v) is 2.43. The van der Waals surface area contributed by atoms with Gasteiger partial charge in [0.1, 0.15) is 5.60 Å². The molecule has 116 valence electrons. The molecule has 1 heterocycles. The molecule has 1 amide bonds. The smallest absolute Gasteiger partial charge is 0.410 e. The van der Waals surface area contributed by atoms with Crippen LogP contribution >= 0.6 is 0 Å². The molecule has 1 aliphatic heterocycles. The number of ether oxygens (including phenoxy) is 1. The van der Waals surface area contributed by atoms with Crippen LogP contribution in [-0.2, 0) is 9.53 Å². The van der Waals surface area contributed by atoms with E-state index in [9.17, 15) is 14.7 Å². The van der Waals surface area contributed by atoms with Crippen molar-refractivity contribution in [2.75, 3.05) is 19.7 Å². The summed E-state index contributed by atoms with van der Waals surface area (Å²) in [6.45, 7) is 6.16. The van der Waals surface area contributed by atoms with Gasteiger partial charge in [0.05, 0.1) is 5.41 Å². The summed E-state index contributed by atoms with van der Waals surface area (Å²) >= 11 is 0. The number of aliphatic carboxylic acids is 1. The summed E-state index contributed by atoms with van der Waals surface area (Å²) in [5.41, 5.74) is -1.36. The highest BCUT2D eigenvalue weighted by Gasteiger charge is 2.42. The molecule has 6 heteroatoms. The van der Waals surface area contributed by atoms with Crippen molar-refractivity contribution in [3.63, 3.8) is 0 Å². The van der Waals surface area contributed by atoms with Crippen LogP contribution in [0, 0.1) is 5.41 Å². The molecule has 1 rings (SSSR count). The first-order valence-corrected chi connectivity index (χ1v) is 7.02. The summed E-state index contributed by atoms with van der Waals surface area (Å²) in [7, 11) is 0. The molecule has 0 aromatic heterocycles. The Hall–Kier alpha value is -1.30. The number of carboxylic acid groups (broad SMARTS) is 1. The Balaban J connectivity index is 2.60. The van der Waals surface area contributed by atoms with Gasteiger partial charge in [-0.25, -0.2) is 4.79 Å². The Labute approximate surface area is 119 Å². The number of nitrogens with zero attached hydrogens (tertiary/aromatic N) is 1. The molecule has 0 saturated carbocycles. The lowest BCUT2D eigenvalue weighted by atomic mass is 9.75. The van der Waals surface area contributed by atoms with Crippen molar-refractivity contribution in [2.45, 2.75) is 52.1 Å². The molecule has 20 heavy (non-hydrogen) atoms. The van der Waals surface area contributed by atoms with Crippen molar-refractivity contribution in [3.8, 4) is 0 Å². The first kappa shape index (κ1) is 16.8. The molecule has 1 fully saturated rings. The zero-order valence-corrected chi connectivity index (χ0v) is 12.5. The van der Waals surface area contributed by atoms with E-state index in [1.807, 2.05) is 0 Å². The van der Waals surface area contributed by atoms with E-state index < -0.39 is 23.1 Å². The third kappa shape index (κ3) is 4.37. The van der Waals surface area contributed by atoms with Crippen molar-refractivity contribution < 1.29 is 24.5 Å². The molecular weight excluding hydrogens is 262 g/mol. The maximum atomic E-state index is 11.9. The van der Waals surface area contributed by atoms with Crippen molar-refractivity contribution in [1.29, 1.82) is 0 Å². The van der Waals surface area contributed by atoms with E-state index in [0.717, 1.165) is 0 Å². The summed E-state index contributed by atoms with van der Waals surface area (Å²) in [5.74, 6) is -0.838. The van der Waals surface area contributed by atoms with Crippen molar-refractivity contribution in [3.05, 3.63) is 0 Å². The van der Waals surface area contributed by atoms with E-state index in [1.54, 1.807) is 25.7 Å². The van der Waals surface area contributed by atoms with Gasteiger partial charge in [0.15, 0.2) is 0 Å². The molecule has 6 nitrogen and oxygen atoms in total. The number of carbonyl (C=O) groups is 2. The molecule has 1 aliphatic rings. The average Bonchev–Trinajstić information content (AvgIpc) is 2.34. The lowest BCUT2D eigenvalue weighted by molar-refractivity contribution is -0.152. The number of aliphatic hydroxyl groups excluding tert-OH is 1. The number of piperidine rings is 1. The van der Waals surface area contributed by atoms with Gasteiger partial charge in [-0.05, 0) is 46.5 Å². The number of carbonyl (C=O) groups excluding carboxylic acids is 1. The predicted molar refractivity (Wildman–Crippen MR) is 73.4 cm³/mol. The molecule has 0 aromatic rings. The zero-order valence-electron chi connectivity index (χ0n) is 12.5. The van der Waals surface area contributed by atoms with Gasteiger partial charge in [-0.2, -0.15) is 0 Å². The van der Waals surface area contributed by atoms with E-state index >= 15 is 0 Å². The summed E-state index contributed by atoms with van der Waals surface area (Å²) in [6.07, 6.45) is 1.33. The van der Waals surface area contributed by atoms with Gasteiger partial charge in [-0.15, -0.1) is 0 Å². The van der Waals surface area contributed by atoms with Crippen LogP contribution in [0.4, 0.5) is 4.79 Å². The lowest BCUT2D eigenvalue weighted by Gasteiger charge is -2.39. The number of hydrogen-bond donors (Lipinski definition) is 2. The van der Waals surface area contributed by atoms with Crippen LogP contribution in [0.5, 0.6) is 0 Å². The second-order valence-electron chi connectivity index (χ2n) is 6.38. The van der Waals surface area contributed by atoms with Gasteiger partial charge >= 0.3 is 12.1 Å². The van der Waals surface area contributed by atoms with Gasteiger partial charge in [0.25, 0.3) is 0 Å². The highest BCUT2D eigenvalue weighted by atomic mass is 16.6. The Bertz CT molecular complexity index is 353. The summed E-state index contributed by atoms with van der Waals surface area (Å²) < 4.78 is 5.29. The zero-order chi connectivity index (χ0) is 15.4. The maximum absolute atomic E-state index is 11.9.